The molecule has 0 fully saturated rings. The highest BCUT2D eigenvalue weighted by Crippen LogP contribution is 2.23. The summed E-state index contributed by atoms with van der Waals surface area (Å²) in [5, 5.41) is 0.658. The van der Waals surface area contributed by atoms with E-state index in [2.05, 4.69) is 25.3 Å². The average molecular weight is 402 g/mol. The molecule has 0 aliphatic carbocycles. The van der Waals surface area contributed by atoms with Crippen molar-refractivity contribution in [3.8, 4) is 0 Å². The Hall–Kier alpha value is -2.40. The third-order valence-electron chi connectivity index (χ3n) is 4.51. The summed E-state index contributed by atoms with van der Waals surface area (Å²) >= 11 is 6.18. The predicted octanol–water partition coefficient (Wildman–Crippen LogP) is 5.54. The molecule has 0 radical (unpaired) electrons. The predicted molar refractivity (Wildman–Crippen MR) is 111 cm³/mol. The van der Waals surface area contributed by atoms with Crippen LogP contribution in [0.3, 0.4) is 0 Å². The van der Waals surface area contributed by atoms with Gasteiger partial charge in [0.1, 0.15) is 11.6 Å². The van der Waals surface area contributed by atoms with E-state index in [1.165, 1.54) is 12.1 Å². The fraction of sp³-hybridized carbons (Fsp3) is 0.364. The van der Waals surface area contributed by atoms with Crippen LogP contribution >= 0.6 is 11.6 Å². The largest absolute Gasteiger partial charge is 0.331 e. The number of amides is 1. The van der Waals surface area contributed by atoms with Gasteiger partial charge < -0.3 is 9.47 Å². The van der Waals surface area contributed by atoms with Gasteiger partial charge >= 0.3 is 0 Å². The van der Waals surface area contributed by atoms with Crippen LogP contribution in [0.15, 0.2) is 42.5 Å². The number of rotatable bonds is 7. The van der Waals surface area contributed by atoms with Crippen LogP contribution in [0.25, 0.3) is 11.0 Å². The maximum atomic E-state index is 13.6. The van der Waals surface area contributed by atoms with Crippen molar-refractivity contribution in [3.05, 3.63) is 64.7 Å². The normalized spacial score (nSPS) is 11.4. The summed E-state index contributed by atoms with van der Waals surface area (Å²) in [4.78, 5) is 19.6. The fourth-order valence-electron chi connectivity index (χ4n) is 3.37. The van der Waals surface area contributed by atoms with Gasteiger partial charge in [-0.05, 0) is 48.7 Å². The molecule has 6 heteroatoms. The number of carbonyl (C=O) groups is 1. The monoisotopic (exact) mass is 401 g/mol. The first-order valence-electron chi connectivity index (χ1n) is 9.58. The molecule has 3 aromatic rings. The van der Waals surface area contributed by atoms with E-state index >= 15 is 0 Å². The molecule has 4 nitrogen and oxygen atoms in total. The van der Waals surface area contributed by atoms with Gasteiger partial charge in [0.2, 0.25) is 0 Å². The summed E-state index contributed by atoms with van der Waals surface area (Å²) in [5.41, 5.74) is 2.17. The third kappa shape index (κ3) is 4.53. The minimum absolute atomic E-state index is 0.193. The van der Waals surface area contributed by atoms with Crippen LogP contribution < -0.4 is 0 Å². The Labute approximate surface area is 169 Å². The van der Waals surface area contributed by atoms with E-state index in [1.807, 2.05) is 18.2 Å². The Morgan fingerprint density at radius 2 is 2.04 bits per heavy atom. The summed E-state index contributed by atoms with van der Waals surface area (Å²) in [6.45, 7) is 7.92. The Kier molecular flexibility index (Phi) is 6.35. The summed E-state index contributed by atoms with van der Waals surface area (Å²) in [5.74, 6) is 0.477. The number of carbonyl (C=O) groups excluding carboxylic acids is 1. The minimum Gasteiger partial charge on any atom is -0.331 e. The smallest absolute Gasteiger partial charge is 0.254 e. The highest BCUT2D eigenvalue weighted by Gasteiger charge is 2.21. The van der Waals surface area contributed by atoms with Gasteiger partial charge in [-0.25, -0.2) is 9.37 Å². The number of nitrogens with zero attached hydrogens (tertiary/aromatic N) is 3. The van der Waals surface area contributed by atoms with Crippen molar-refractivity contribution in [2.24, 2.45) is 5.92 Å². The molecule has 0 unspecified atom stereocenters. The van der Waals surface area contributed by atoms with Gasteiger partial charge in [-0.3, -0.25) is 4.79 Å². The molecular weight excluding hydrogens is 377 g/mol. The number of benzene rings is 2. The van der Waals surface area contributed by atoms with E-state index in [1.54, 1.807) is 17.0 Å². The van der Waals surface area contributed by atoms with Crippen molar-refractivity contribution in [2.45, 2.75) is 40.3 Å². The van der Waals surface area contributed by atoms with Crippen molar-refractivity contribution >= 4 is 28.5 Å². The molecule has 0 saturated carbocycles. The number of hydrogen-bond donors (Lipinski definition) is 0. The molecule has 0 N–H and O–H groups in total. The molecule has 28 heavy (non-hydrogen) atoms. The van der Waals surface area contributed by atoms with E-state index < -0.39 is 5.82 Å². The summed E-state index contributed by atoms with van der Waals surface area (Å²) in [7, 11) is 0. The second-order valence-corrected chi connectivity index (χ2v) is 7.84. The highest BCUT2D eigenvalue weighted by atomic mass is 35.5. The van der Waals surface area contributed by atoms with E-state index in [9.17, 15) is 9.18 Å². The zero-order valence-corrected chi connectivity index (χ0v) is 17.2. The summed E-state index contributed by atoms with van der Waals surface area (Å²) in [6, 6.07) is 11.5. The van der Waals surface area contributed by atoms with E-state index in [0.29, 0.717) is 23.7 Å². The van der Waals surface area contributed by atoms with Crippen molar-refractivity contribution in [1.82, 2.24) is 14.5 Å². The van der Waals surface area contributed by atoms with Crippen LogP contribution in [-0.2, 0) is 13.1 Å². The molecule has 3 rings (SSSR count). The number of aryl methyl sites for hydroxylation is 1. The third-order valence-corrected chi connectivity index (χ3v) is 4.75. The molecule has 2 aromatic carbocycles. The zero-order chi connectivity index (χ0) is 20.3. The first-order chi connectivity index (χ1) is 13.4. The fourth-order valence-corrected chi connectivity index (χ4v) is 3.54. The van der Waals surface area contributed by atoms with Crippen molar-refractivity contribution in [1.29, 1.82) is 0 Å². The molecule has 0 aliphatic rings. The molecule has 0 atom stereocenters. The van der Waals surface area contributed by atoms with Gasteiger partial charge in [-0.2, -0.15) is 0 Å². The number of fused-ring (bicyclic) bond motifs is 1. The first-order valence-corrected chi connectivity index (χ1v) is 9.96. The topological polar surface area (TPSA) is 38.1 Å². The Morgan fingerprint density at radius 3 is 2.71 bits per heavy atom. The summed E-state index contributed by atoms with van der Waals surface area (Å²) < 4.78 is 15.7. The molecule has 1 aromatic heterocycles. The average Bonchev–Trinajstić information content (AvgIpc) is 2.97. The highest BCUT2D eigenvalue weighted by molar-refractivity contribution is 6.31. The molecule has 0 spiro atoms. The van der Waals surface area contributed by atoms with Gasteiger partial charge in [-0.1, -0.05) is 38.4 Å². The Bertz CT molecular complexity index is 983. The lowest BCUT2D eigenvalue weighted by Gasteiger charge is -2.25. The van der Waals surface area contributed by atoms with Gasteiger partial charge in [0, 0.05) is 23.7 Å². The van der Waals surface area contributed by atoms with E-state index in [-0.39, 0.29) is 11.8 Å². The number of hydrogen-bond acceptors (Lipinski definition) is 2. The molecule has 148 valence electrons. The molecule has 1 amide bonds. The SMILES string of the molecule is CCCn1c(CN(CC(C)C)C(=O)c2cccc(F)c2)nc2ccc(Cl)cc21. The Balaban J connectivity index is 1.98. The Morgan fingerprint density at radius 1 is 1.25 bits per heavy atom. The van der Waals surface area contributed by atoms with Crippen LogP contribution in [0.5, 0.6) is 0 Å². The molecule has 0 aliphatic heterocycles. The lowest BCUT2D eigenvalue weighted by molar-refractivity contribution is 0.0715. The van der Waals surface area contributed by atoms with Crippen LogP contribution in [0.4, 0.5) is 4.39 Å². The quantitative estimate of drug-likeness (QED) is 0.521. The zero-order valence-electron chi connectivity index (χ0n) is 16.5. The lowest BCUT2D eigenvalue weighted by atomic mass is 10.1. The van der Waals surface area contributed by atoms with Crippen LogP contribution in [-0.4, -0.2) is 26.9 Å². The maximum absolute atomic E-state index is 13.6. The summed E-state index contributed by atoms with van der Waals surface area (Å²) in [6.07, 6.45) is 0.937. The van der Waals surface area contributed by atoms with Crippen molar-refractivity contribution < 1.29 is 9.18 Å². The van der Waals surface area contributed by atoms with Gasteiger partial charge in [-0.15, -0.1) is 0 Å². The van der Waals surface area contributed by atoms with Crippen LogP contribution in [0.2, 0.25) is 5.02 Å². The van der Waals surface area contributed by atoms with Crippen LogP contribution in [0.1, 0.15) is 43.4 Å². The van der Waals surface area contributed by atoms with Gasteiger partial charge in [0.25, 0.3) is 5.91 Å². The van der Waals surface area contributed by atoms with Gasteiger partial charge in [0.05, 0.1) is 17.6 Å². The lowest BCUT2D eigenvalue weighted by Crippen LogP contribution is -2.34. The molecule has 0 bridgehead atoms. The van der Waals surface area contributed by atoms with Crippen LogP contribution in [0, 0.1) is 11.7 Å². The second-order valence-electron chi connectivity index (χ2n) is 7.40. The van der Waals surface area contributed by atoms with Crippen molar-refractivity contribution in [2.75, 3.05) is 6.54 Å². The molecule has 1 heterocycles. The standard InChI is InChI=1S/C22H25ClFN3O/c1-4-10-27-20-12-17(23)8-9-19(20)25-21(27)14-26(13-15(2)3)22(28)16-6-5-7-18(24)11-16/h5-9,11-12,15H,4,10,13-14H2,1-3H3. The van der Waals surface area contributed by atoms with E-state index in [4.69, 9.17) is 16.6 Å². The molecule has 0 saturated heterocycles. The number of halogens is 2. The first kappa shape index (κ1) is 20.3. The maximum Gasteiger partial charge on any atom is 0.254 e. The second kappa shape index (κ2) is 8.74. The number of aromatic nitrogens is 2. The van der Waals surface area contributed by atoms with E-state index in [0.717, 1.165) is 29.8 Å². The number of imidazole rings is 1. The minimum atomic E-state index is -0.414. The molecular formula is C22H25ClFN3O. The van der Waals surface area contributed by atoms with Gasteiger partial charge in [0.15, 0.2) is 0 Å². The van der Waals surface area contributed by atoms with Crippen molar-refractivity contribution in [3.63, 3.8) is 0 Å².